The molecule has 28 heavy (non-hydrogen) atoms. The standard InChI is InChI=1S/C21H22BrFN4O/c22-17-6-7-19(18(23)14-17)25-21(28)8-11-26-9-3-10-27(13-12-26)20-5-2-1-4-16(20)15-24/h1-2,4-7,14H,3,8-13H2,(H,25,28). The number of nitrogens with zero attached hydrogens (tertiary/aromatic N) is 3. The van der Waals surface area contributed by atoms with Crippen LogP contribution in [0.2, 0.25) is 0 Å². The Labute approximate surface area is 172 Å². The molecule has 3 rings (SSSR count). The van der Waals surface area contributed by atoms with E-state index in [1.807, 2.05) is 24.3 Å². The van der Waals surface area contributed by atoms with E-state index in [0.29, 0.717) is 23.0 Å². The zero-order chi connectivity index (χ0) is 19.9. The first-order valence-electron chi connectivity index (χ1n) is 9.28. The Balaban J connectivity index is 1.51. The third-order valence-electron chi connectivity index (χ3n) is 4.81. The van der Waals surface area contributed by atoms with E-state index in [-0.39, 0.29) is 11.6 Å². The van der Waals surface area contributed by atoms with Gasteiger partial charge in [-0.05, 0) is 43.3 Å². The van der Waals surface area contributed by atoms with Crippen molar-refractivity contribution >= 4 is 33.2 Å². The van der Waals surface area contributed by atoms with Crippen molar-refractivity contribution in [3.05, 3.63) is 58.3 Å². The van der Waals surface area contributed by atoms with Gasteiger partial charge in [-0.2, -0.15) is 5.26 Å². The molecule has 1 amide bonds. The molecule has 1 aliphatic rings. The maximum absolute atomic E-state index is 13.8. The highest BCUT2D eigenvalue weighted by molar-refractivity contribution is 9.10. The average molecular weight is 445 g/mol. The monoisotopic (exact) mass is 444 g/mol. The summed E-state index contributed by atoms with van der Waals surface area (Å²) in [4.78, 5) is 16.7. The molecule has 2 aromatic carbocycles. The van der Waals surface area contributed by atoms with Gasteiger partial charge in [0.25, 0.3) is 0 Å². The van der Waals surface area contributed by atoms with Crippen molar-refractivity contribution in [1.82, 2.24) is 4.90 Å². The topological polar surface area (TPSA) is 59.4 Å². The highest BCUT2D eigenvalue weighted by Gasteiger charge is 2.18. The maximum Gasteiger partial charge on any atom is 0.225 e. The van der Waals surface area contributed by atoms with E-state index >= 15 is 0 Å². The first kappa shape index (κ1) is 20.3. The number of carbonyl (C=O) groups is 1. The van der Waals surface area contributed by atoms with Crippen LogP contribution >= 0.6 is 15.9 Å². The normalized spacial score (nSPS) is 15.0. The van der Waals surface area contributed by atoms with E-state index < -0.39 is 5.82 Å². The molecule has 0 spiro atoms. The summed E-state index contributed by atoms with van der Waals surface area (Å²) in [5.74, 6) is -0.651. The van der Waals surface area contributed by atoms with Crippen LogP contribution in [-0.4, -0.2) is 43.5 Å². The molecule has 0 bridgehead atoms. The lowest BCUT2D eigenvalue weighted by Gasteiger charge is -2.24. The molecule has 0 saturated carbocycles. The summed E-state index contributed by atoms with van der Waals surface area (Å²) in [7, 11) is 0. The van der Waals surface area contributed by atoms with Crippen molar-refractivity contribution < 1.29 is 9.18 Å². The number of nitrogens with one attached hydrogen (secondary N) is 1. The SMILES string of the molecule is N#Cc1ccccc1N1CCCN(CCC(=O)Nc2ccc(Br)cc2F)CC1. The van der Waals surface area contributed by atoms with E-state index in [0.717, 1.165) is 38.3 Å². The second-order valence-electron chi connectivity index (χ2n) is 6.73. The van der Waals surface area contributed by atoms with E-state index in [1.54, 1.807) is 12.1 Å². The summed E-state index contributed by atoms with van der Waals surface area (Å²) < 4.78 is 14.5. The Morgan fingerprint density at radius 3 is 2.79 bits per heavy atom. The quantitative estimate of drug-likeness (QED) is 0.756. The van der Waals surface area contributed by atoms with Gasteiger partial charge in [0.15, 0.2) is 0 Å². The van der Waals surface area contributed by atoms with Gasteiger partial charge in [0.1, 0.15) is 11.9 Å². The number of amides is 1. The molecule has 7 heteroatoms. The first-order chi connectivity index (χ1) is 13.6. The summed E-state index contributed by atoms with van der Waals surface area (Å²) in [5, 5.41) is 11.9. The number of nitriles is 1. The van der Waals surface area contributed by atoms with Gasteiger partial charge in [-0.1, -0.05) is 28.1 Å². The van der Waals surface area contributed by atoms with Crippen LogP contribution in [0, 0.1) is 17.1 Å². The van der Waals surface area contributed by atoms with Crippen LogP contribution in [0.4, 0.5) is 15.8 Å². The second-order valence-corrected chi connectivity index (χ2v) is 7.65. The highest BCUT2D eigenvalue weighted by Crippen LogP contribution is 2.22. The maximum atomic E-state index is 13.8. The highest BCUT2D eigenvalue weighted by atomic mass is 79.9. The number of halogens is 2. The summed E-state index contributed by atoms with van der Waals surface area (Å²) in [5.41, 5.74) is 1.85. The van der Waals surface area contributed by atoms with Gasteiger partial charge in [0.05, 0.1) is 16.9 Å². The molecule has 146 valence electrons. The summed E-state index contributed by atoms with van der Waals surface area (Å²) >= 11 is 3.20. The predicted octanol–water partition coefficient (Wildman–Crippen LogP) is 4.00. The zero-order valence-corrected chi connectivity index (χ0v) is 17.1. The molecule has 0 unspecified atom stereocenters. The van der Waals surface area contributed by atoms with Crippen LogP contribution in [0.3, 0.4) is 0 Å². The van der Waals surface area contributed by atoms with Crippen LogP contribution < -0.4 is 10.2 Å². The second kappa shape index (κ2) is 9.67. The van der Waals surface area contributed by atoms with Crippen LogP contribution in [0.15, 0.2) is 46.9 Å². The first-order valence-corrected chi connectivity index (χ1v) is 10.1. The van der Waals surface area contributed by atoms with Crippen LogP contribution in [0.25, 0.3) is 0 Å². The third kappa shape index (κ3) is 5.31. The fraction of sp³-hybridized carbons (Fsp3) is 0.333. The van der Waals surface area contributed by atoms with Crippen molar-refractivity contribution in [1.29, 1.82) is 5.26 Å². The van der Waals surface area contributed by atoms with Crippen molar-refractivity contribution in [3.63, 3.8) is 0 Å². The number of hydrogen-bond acceptors (Lipinski definition) is 4. The molecule has 0 radical (unpaired) electrons. The Bertz CT molecular complexity index is 883. The van der Waals surface area contributed by atoms with Crippen LogP contribution in [-0.2, 0) is 4.79 Å². The average Bonchev–Trinajstić information content (AvgIpc) is 2.94. The molecule has 2 aromatic rings. The Morgan fingerprint density at radius 1 is 1.18 bits per heavy atom. The molecule has 1 fully saturated rings. The molecular formula is C21H22BrFN4O. The van der Waals surface area contributed by atoms with Gasteiger partial charge in [-0.15, -0.1) is 0 Å². The smallest absolute Gasteiger partial charge is 0.225 e. The fourth-order valence-corrected chi connectivity index (χ4v) is 3.68. The fourth-order valence-electron chi connectivity index (χ4n) is 3.34. The Hall–Kier alpha value is -2.43. The molecule has 0 aromatic heterocycles. The minimum absolute atomic E-state index is 0.197. The van der Waals surface area contributed by atoms with E-state index in [4.69, 9.17) is 0 Å². The minimum Gasteiger partial charge on any atom is -0.369 e. The molecular weight excluding hydrogens is 423 g/mol. The van der Waals surface area contributed by atoms with Crippen molar-refractivity contribution in [2.45, 2.75) is 12.8 Å². The number of anilines is 2. The Kier molecular flexibility index (Phi) is 7.01. The summed E-state index contributed by atoms with van der Waals surface area (Å²) in [6, 6.07) is 14.5. The van der Waals surface area contributed by atoms with Gasteiger partial charge in [0, 0.05) is 37.1 Å². The number of rotatable bonds is 5. The van der Waals surface area contributed by atoms with Gasteiger partial charge in [0.2, 0.25) is 5.91 Å². The lowest BCUT2D eigenvalue weighted by molar-refractivity contribution is -0.116. The van der Waals surface area contributed by atoms with Crippen molar-refractivity contribution in [2.75, 3.05) is 42.9 Å². The molecule has 1 aliphatic heterocycles. The van der Waals surface area contributed by atoms with Gasteiger partial charge >= 0.3 is 0 Å². The van der Waals surface area contributed by atoms with Crippen molar-refractivity contribution in [3.8, 4) is 6.07 Å². The molecule has 5 nitrogen and oxygen atoms in total. The Morgan fingerprint density at radius 2 is 2.00 bits per heavy atom. The van der Waals surface area contributed by atoms with Gasteiger partial charge in [-0.25, -0.2) is 4.39 Å². The van der Waals surface area contributed by atoms with Gasteiger partial charge < -0.3 is 15.1 Å². The lowest BCUT2D eigenvalue weighted by Crippen LogP contribution is -2.33. The molecule has 0 atom stereocenters. The van der Waals surface area contributed by atoms with E-state index in [9.17, 15) is 14.4 Å². The number of para-hydroxylation sites is 1. The minimum atomic E-state index is -0.454. The molecule has 1 saturated heterocycles. The van der Waals surface area contributed by atoms with E-state index in [1.165, 1.54) is 6.07 Å². The van der Waals surface area contributed by atoms with E-state index in [2.05, 4.69) is 37.1 Å². The molecule has 0 aliphatic carbocycles. The third-order valence-corrected chi connectivity index (χ3v) is 5.31. The largest absolute Gasteiger partial charge is 0.369 e. The molecule has 1 N–H and O–H groups in total. The number of hydrogen-bond donors (Lipinski definition) is 1. The zero-order valence-electron chi connectivity index (χ0n) is 15.5. The van der Waals surface area contributed by atoms with Crippen LogP contribution in [0.5, 0.6) is 0 Å². The van der Waals surface area contributed by atoms with Crippen molar-refractivity contribution in [2.24, 2.45) is 0 Å². The number of carbonyl (C=O) groups excluding carboxylic acids is 1. The summed E-state index contributed by atoms with van der Waals surface area (Å²) in [6.07, 6.45) is 1.27. The lowest BCUT2D eigenvalue weighted by atomic mass is 10.1. The summed E-state index contributed by atoms with van der Waals surface area (Å²) in [6.45, 7) is 4.02. The van der Waals surface area contributed by atoms with Crippen LogP contribution in [0.1, 0.15) is 18.4 Å². The van der Waals surface area contributed by atoms with Gasteiger partial charge in [-0.3, -0.25) is 4.79 Å². The number of benzene rings is 2. The molecule has 1 heterocycles. The predicted molar refractivity (Wildman–Crippen MR) is 112 cm³/mol.